The first-order valence-corrected chi connectivity index (χ1v) is 4.55. The minimum Gasteiger partial charge on any atom is -0.478 e. The summed E-state index contributed by atoms with van der Waals surface area (Å²) >= 11 is 11.5. The third-order valence-corrected chi connectivity index (χ3v) is 2.45. The zero-order chi connectivity index (χ0) is 10.3. The predicted octanol–water partition coefficient (Wildman–Crippen LogP) is 3.17. The quantitative estimate of drug-likeness (QED) is 0.790. The van der Waals surface area contributed by atoms with Crippen LogP contribution in [0.25, 0.3) is 10.9 Å². The lowest BCUT2D eigenvalue weighted by Crippen LogP contribution is -1.94. The van der Waals surface area contributed by atoms with E-state index in [-0.39, 0.29) is 10.7 Å². The van der Waals surface area contributed by atoms with E-state index in [1.54, 1.807) is 18.2 Å². The Morgan fingerprint density at radius 3 is 2.71 bits per heavy atom. The fraction of sp³-hybridized carbons (Fsp3) is 0. The smallest absolute Gasteiger partial charge is 0.339 e. The van der Waals surface area contributed by atoms with Crippen molar-refractivity contribution in [3.63, 3.8) is 0 Å². The minimum atomic E-state index is -1.05. The number of rotatable bonds is 1. The molecule has 1 aromatic heterocycles. The number of carboxylic acids is 1. The van der Waals surface area contributed by atoms with Gasteiger partial charge in [-0.3, -0.25) is 0 Å². The van der Waals surface area contributed by atoms with Gasteiger partial charge in [0, 0.05) is 15.9 Å². The second kappa shape index (κ2) is 3.19. The molecule has 14 heavy (non-hydrogen) atoms. The summed E-state index contributed by atoms with van der Waals surface area (Å²) in [6.07, 6.45) is 0. The van der Waals surface area contributed by atoms with E-state index in [1.807, 2.05) is 0 Å². The SMILES string of the molecule is O=C(O)c1c(Cl)[nH]c2cc(Cl)ccc12. The Hall–Kier alpha value is -1.19. The number of carboxylic acid groups (broad SMARTS) is 1. The molecule has 2 rings (SSSR count). The van der Waals surface area contributed by atoms with Crippen molar-refractivity contribution in [3.8, 4) is 0 Å². The van der Waals surface area contributed by atoms with Gasteiger partial charge in [-0.05, 0) is 12.1 Å². The van der Waals surface area contributed by atoms with Crippen molar-refractivity contribution < 1.29 is 9.90 Å². The van der Waals surface area contributed by atoms with E-state index in [1.165, 1.54) is 0 Å². The number of halogens is 2. The van der Waals surface area contributed by atoms with Gasteiger partial charge in [0.25, 0.3) is 0 Å². The first kappa shape index (κ1) is 9.37. The number of hydrogen-bond acceptors (Lipinski definition) is 1. The van der Waals surface area contributed by atoms with Crippen molar-refractivity contribution in [2.75, 3.05) is 0 Å². The summed E-state index contributed by atoms with van der Waals surface area (Å²) in [5.74, 6) is -1.05. The Labute approximate surface area is 89.2 Å². The molecule has 1 heterocycles. The Morgan fingerprint density at radius 1 is 1.36 bits per heavy atom. The van der Waals surface area contributed by atoms with Crippen LogP contribution in [-0.2, 0) is 0 Å². The molecule has 0 saturated heterocycles. The highest BCUT2D eigenvalue weighted by Crippen LogP contribution is 2.27. The second-order valence-electron chi connectivity index (χ2n) is 2.81. The molecule has 2 N–H and O–H groups in total. The summed E-state index contributed by atoms with van der Waals surface area (Å²) in [4.78, 5) is 13.6. The van der Waals surface area contributed by atoms with E-state index < -0.39 is 5.97 Å². The monoisotopic (exact) mass is 229 g/mol. The predicted molar refractivity (Wildman–Crippen MR) is 55.3 cm³/mol. The molecular weight excluding hydrogens is 225 g/mol. The van der Waals surface area contributed by atoms with E-state index in [0.29, 0.717) is 15.9 Å². The topological polar surface area (TPSA) is 53.1 Å². The van der Waals surface area contributed by atoms with Crippen molar-refractivity contribution in [2.45, 2.75) is 0 Å². The molecule has 0 aliphatic heterocycles. The number of carbonyl (C=O) groups is 1. The van der Waals surface area contributed by atoms with Gasteiger partial charge in [-0.2, -0.15) is 0 Å². The lowest BCUT2D eigenvalue weighted by Gasteiger charge is -1.92. The van der Waals surface area contributed by atoms with E-state index in [4.69, 9.17) is 28.3 Å². The van der Waals surface area contributed by atoms with Gasteiger partial charge in [-0.25, -0.2) is 4.79 Å². The molecule has 72 valence electrons. The molecule has 0 spiro atoms. The molecule has 0 amide bonds. The Bertz CT molecular complexity index is 519. The summed E-state index contributed by atoms with van der Waals surface area (Å²) in [6.45, 7) is 0. The van der Waals surface area contributed by atoms with Crippen LogP contribution in [0, 0.1) is 0 Å². The number of aromatic nitrogens is 1. The van der Waals surface area contributed by atoms with E-state index in [2.05, 4.69) is 4.98 Å². The molecule has 0 fully saturated rings. The zero-order valence-electron chi connectivity index (χ0n) is 6.84. The van der Waals surface area contributed by atoms with Gasteiger partial charge in [0.05, 0.1) is 0 Å². The molecule has 0 radical (unpaired) electrons. The summed E-state index contributed by atoms with van der Waals surface area (Å²) in [5, 5.41) is 10.1. The molecule has 5 heteroatoms. The highest BCUT2D eigenvalue weighted by atomic mass is 35.5. The molecule has 0 bridgehead atoms. The number of hydrogen-bond donors (Lipinski definition) is 2. The van der Waals surface area contributed by atoms with Gasteiger partial charge in [-0.15, -0.1) is 0 Å². The lowest BCUT2D eigenvalue weighted by molar-refractivity contribution is 0.0699. The van der Waals surface area contributed by atoms with Crippen LogP contribution in [0.2, 0.25) is 10.2 Å². The normalized spacial score (nSPS) is 10.7. The standard InChI is InChI=1S/C9H5Cl2NO2/c10-4-1-2-5-6(3-4)12-8(11)7(5)9(13)14/h1-3,12H,(H,13,14). The molecule has 2 aromatic rings. The molecule has 3 nitrogen and oxygen atoms in total. The number of benzene rings is 1. The molecule has 0 saturated carbocycles. The number of aromatic amines is 1. The fourth-order valence-electron chi connectivity index (χ4n) is 1.35. The van der Waals surface area contributed by atoms with E-state index in [0.717, 1.165) is 0 Å². The average molecular weight is 230 g/mol. The van der Waals surface area contributed by atoms with Crippen LogP contribution in [0.3, 0.4) is 0 Å². The number of nitrogens with one attached hydrogen (secondary N) is 1. The molecule has 0 unspecified atom stereocenters. The van der Waals surface area contributed by atoms with Gasteiger partial charge >= 0.3 is 5.97 Å². The molecular formula is C9H5Cl2NO2. The highest BCUT2D eigenvalue weighted by molar-refractivity contribution is 6.35. The van der Waals surface area contributed by atoms with Gasteiger partial charge in [0.1, 0.15) is 10.7 Å². The highest BCUT2D eigenvalue weighted by Gasteiger charge is 2.15. The molecule has 1 aromatic carbocycles. The molecule has 0 aliphatic carbocycles. The largest absolute Gasteiger partial charge is 0.478 e. The maximum atomic E-state index is 10.8. The van der Waals surface area contributed by atoms with E-state index >= 15 is 0 Å². The van der Waals surface area contributed by atoms with Gasteiger partial charge in [-0.1, -0.05) is 29.3 Å². The molecule has 0 atom stereocenters. The minimum absolute atomic E-state index is 0.0818. The molecule has 0 aliphatic rings. The van der Waals surface area contributed by atoms with Crippen LogP contribution in [0.1, 0.15) is 10.4 Å². The summed E-state index contributed by atoms with van der Waals surface area (Å²) < 4.78 is 0. The van der Waals surface area contributed by atoms with Crippen molar-refractivity contribution in [2.24, 2.45) is 0 Å². The van der Waals surface area contributed by atoms with Crippen molar-refractivity contribution in [1.29, 1.82) is 0 Å². The van der Waals surface area contributed by atoms with E-state index in [9.17, 15) is 4.79 Å². The second-order valence-corrected chi connectivity index (χ2v) is 3.62. The Balaban J connectivity index is 2.84. The summed E-state index contributed by atoms with van der Waals surface area (Å²) in [6, 6.07) is 4.89. The van der Waals surface area contributed by atoms with Crippen molar-refractivity contribution in [3.05, 3.63) is 33.9 Å². The first-order chi connectivity index (χ1) is 6.59. The maximum absolute atomic E-state index is 10.8. The van der Waals surface area contributed by atoms with Crippen LogP contribution >= 0.6 is 23.2 Å². The third-order valence-electron chi connectivity index (χ3n) is 1.93. The van der Waals surface area contributed by atoms with Gasteiger partial charge < -0.3 is 10.1 Å². The van der Waals surface area contributed by atoms with Crippen molar-refractivity contribution in [1.82, 2.24) is 4.98 Å². The van der Waals surface area contributed by atoms with Crippen LogP contribution in [0.5, 0.6) is 0 Å². The van der Waals surface area contributed by atoms with Crippen molar-refractivity contribution >= 4 is 40.1 Å². The van der Waals surface area contributed by atoms with Gasteiger partial charge in [0.2, 0.25) is 0 Å². The first-order valence-electron chi connectivity index (χ1n) is 3.79. The number of fused-ring (bicyclic) bond motifs is 1. The van der Waals surface area contributed by atoms with Crippen LogP contribution in [0.4, 0.5) is 0 Å². The van der Waals surface area contributed by atoms with Crippen LogP contribution in [0.15, 0.2) is 18.2 Å². The maximum Gasteiger partial charge on any atom is 0.339 e. The fourth-order valence-corrected chi connectivity index (χ4v) is 1.80. The van der Waals surface area contributed by atoms with Crippen LogP contribution < -0.4 is 0 Å². The average Bonchev–Trinajstić information content (AvgIpc) is 2.39. The number of H-pyrrole nitrogens is 1. The Kier molecular flexibility index (Phi) is 2.13. The summed E-state index contributed by atoms with van der Waals surface area (Å²) in [7, 11) is 0. The van der Waals surface area contributed by atoms with Gasteiger partial charge in [0.15, 0.2) is 0 Å². The lowest BCUT2D eigenvalue weighted by atomic mass is 10.2. The van der Waals surface area contributed by atoms with Crippen LogP contribution in [-0.4, -0.2) is 16.1 Å². The Morgan fingerprint density at radius 2 is 2.07 bits per heavy atom. The third kappa shape index (κ3) is 1.35. The summed E-state index contributed by atoms with van der Waals surface area (Å²) in [5.41, 5.74) is 0.707. The number of aromatic carboxylic acids is 1. The zero-order valence-corrected chi connectivity index (χ0v) is 8.36.